The van der Waals surface area contributed by atoms with Crippen molar-refractivity contribution in [3.05, 3.63) is 71.3 Å². The van der Waals surface area contributed by atoms with E-state index in [1.807, 2.05) is 13.0 Å². The molecule has 0 radical (unpaired) electrons. The summed E-state index contributed by atoms with van der Waals surface area (Å²) in [4.78, 5) is 2.55. The highest BCUT2D eigenvalue weighted by atomic mass is 16.6. The Morgan fingerprint density at radius 3 is 2.69 bits per heavy atom. The lowest BCUT2D eigenvalue weighted by Gasteiger charge is -2.72. The van der Waals surface area contributed by atoms with Crippen molar-refractivity contribution in [2.24, 2.45) is 11.3 Å². The van der Waals surface area contributed by atoms with Gasteiger partial charge < -0.3 is 24.2 Å². The molecule has 190 valence electrons. The second kappa shape index (κ2) is 7.37. The summed E-state index contributed by atoms with van der Waals surface area (Å²) in [6.07, 6.45) is 8.97. The molecule has 2 fully saturated rings. The maximum Gasteiger partial charge on any atom is 0.166 e. The zero-order valence-corrected chi connectivity index (χ0v) is 21.8. The Hall–Kier alpha value is -2.34. The van der Waals surface area contributed by atoms with Gasteiger partial charge in [0.2, 0.25) is 0 Å². The van der Waals surface area contributed by atoms with Crippen LogP contribution in [0.3, 0.4) is 0 Å². The molecule has 2 spiro atoms. The molecule has 2 aliphatic heterocycles. The molecule has 5 nitrogen and oxygen atoms in total. The van der Waals surface area contributed by atoms with Gasteiger partial charge in [-0.15, -0.1) is 0 Å². The van der Waals surface area contributed by atoms with Crippen molar-refractivity contribution >= 4 is 0 Å². The van der Waals surface area contributed by atoms with Gasteiger partial charge in [0.05, 0.1) is 18.1 Å². The van der Waals surface area contributed by atoms with Gasteiger partial charge in [0.25, 0.3) is 0 Å². The van der Waals surface area contributed by atoms with Crippen LogP contribution in [0.5, 0.6) is 11.5 Å². The molecule has 2 heterocycles. The highest BCUT2D eigenvalue weighted by molar-refractivity contribution is 5.65. The van der Waals surface area contributed by atoms with Crippen molar-refractivity contribution in [1.29, 1.82) is 0 Å². The molecule has 5 heteroatoms. The first-order valence-corrected chi connectivity index (χ1v) is 13.4. The number of piperidine rings is 1. The van der Waals surface area contributed by atoms with E-state index in [1.165, 1.54) is 16.7 Å². The topological polar surface area (TPSA) is 51.2 Å². The van der Waals surface area contributed by atoms with Gasteiger partial charge in [0.15, 0.2) is 11.5 Å². The molecule has 2 aromatic carbocycles. The van der Waals surface area contributed by atoms with Gasteiger partial charge in [0.1, 0.15) is 11.7 Å². The number of methoxy groups -OCH3 is 2. The maximum absolute atomic E-state index is 12.2. The van der Waals surface area contributed by atoms with Crippen LogP contribution in [-0.2, 0) is 23.0 Å². The molecule has 2 aromatic rings. The predicted molar refractivity (Wildman–Crippen MR) is 139 cm³/mol. The number of fused-ring (bicyclic) bond motifs is 1. The zero-order chi connectivity index (χ0) is 24.9. The largest absolute Gasteiger partial charge is 0.493 e. The lowest BCUT2D eigenvalue weighted by atomic mass is 9.36. The second-order valence-electron chi connectivity index (χ2n) is 12.1. The van der Waals surface area contributed by atoms with Gasteiger partial charge in [-0.05, 0) is 69.8 Å². The summed E-state index contributed by atoms with van der Waals surface area (Å²) < 4.78 is 19.4. The first-order chi connectivity index (χ1) is 17.3. The zero-order valence-electron chi connectivity index (χ0n) is 21.8. The highest BCUT2D eigenvalue weighted by Gasteiger charge is 2.80. The molecule has 0 amide bonds. The summed E-state index contributed by atoms with van der Waals surface area (Å²) in [5.41, 5.74) is 2.08. The van der Waals surface area contributed by atoms with E-state index in [2.05, 4.69) is 60.5 Å². The highest BCUT2D eigenvalue weighted by Crippen LogP contribution is 2.75. The summed E-state index contributed by atoms with van der Waals surface area (Å²) in [6.45, 7) is 3.06. The fraction of sp³-hybridized carbons (Fsp3) is 0.548. The summed E-state index contributed by atoms with van der Waals surface area (Å²) in [6, 6.07) is 15.2. The summed E-state index contributed by atoms with van der Waals surface area (Å²) in [5, 5.41) is 12.2. The van der Waals surface area contributed by atoms with Gasteiger partial charge >= 0.3 is 0 Å². The third kappa shape index (κ3) is 2.52. The van der Waals surface area contributed by atoms with Crippen molar-refractivity contribution < 1.29 is 19.3 Å². The Morgan fingerprint density at radius 1 is 1.14 bits per heavy atom. The average molecular weight is 488 g/mol. The number of likely N-dealkylation sites (N-methyl/N-ethyl adjacent to an activating group) is 1. The third-order valence-electron chi connectivity index (χ3n) is 10.8. The van der Waals surface area contributed by atoms with Crippen LogP contribution in [0.4, 0.5) is 0 Å². The summed E-state index contributed by atoms with van der Waals surface area (Å²) >= 11 is 0. The first-order valence-electron chi connectivity index (χ1n) is 13.4. The number of benzene rings is 2. The lowest BCUT2D eigenvalue weighted by molar-refractivity contribution is -0.247. The third-order valence-corrected chi connectivity index (χ3v) is 10.8. The Balaban J connectivity index is 1.39. The molecule has 8 rings (SSSR count). The van der Waals surface area contributed by atoms with E-state index in [9.17, 15) is 5.11 Å². The molecule has 36 heavy (non-hydrogen) atoms. The normalized spacial score (nSPS) is 38.9. The number of aryl methyl sites for hydroxylation is 1. The van der Waals surface area contributed by atoms with Crippen LogP contribution in [0.15, 0.2) is 54.6 Å². The second-order valence-corrected chi connectivity index (χ2v) is 12.1. The molecule has 0 aromatic heterocycles. The van der Waals surface area contributed by atoms with E-state index < -0.39 is 11.2 Å². The van der Waals surface area contributed by atoms with Crippen molar-refractivity contribution in [2.75, 3.05) is 27.8 Å². The van der Waals surface area contributed by atoms with Crippen LogP contribution < -0.4 is 9.47 Å². The van der Waals surface area contributed by atoms with Crippen LogP contribution in [0, 0.1) is 11.3 Å². The van der Waals surface area contributed by atoms with Gasteiger partial charge in [-0.1, -0.05) is 48.6 Å². The number of hydrogen-bond acceptors (Lipinski definition) is 5. The minimum atomic E-state index is -0.916. The van der Waals surface area contributed by atoms with E-state index in [0.29, 0.717) is 12.5 Å². The van der Waals surface area contributed by atoms with Crippen LogP contribution >= 0.6 is 0 Å². The SMILES string of the molecule is COc1ccc2c3c1O[C@H]1[C@]4(OC)C=CC5(C[C@@H]4[C@](C)(O)CCc4ccccc4)[C@H](C2)N(C)CC[C@]315. The van der Waals surface area contributed by atoms with Crippen molar-refractivity contribution in [1.82, 2.24) is 4.90 Å². The smallest absolute Gasteiger partial charge is 0.166 e. The molecule has 7 atom stereocenters. The minimum Gasteiger partial charge on any atom is -0.493 e. The van der Waals surface area contributed by atoms with Crippen molar-refractivity contribution in [3.8, 4) is 11.5 Å². The van der Waals surface area contributed by atoms with Gasteiger partial charge in [-0.2, -0.15) is 0 Å². The Kier molecular flexibility index (Phi) is 4.67. The van der Waals surface area contributed by atoms with Crippen LogP contribution in [0.25, 0.3) is 0 Å². The number of likely N-dealkylation sites (tertiary alicyclic amines) is 1. The molecule has 4 aliphatic carbocycles. The van der Waals surface area contributed by atoms with Crippen LogP contribution in [-0.4, -0.2) is 61.2 Å². The molecular formula is C31H37NO4. The Morgan fingerprint density at radius 2 is 1.94 bits per heavy atom. The monoisotopic (exact) mass is 487 g/mol. The summed E-state index contributed by atoms with van der Waals surface area (Å²) in [7, 11) is 5.81. The van der Waals surface area contributed by atoms with E-state index >= 15 is 0 Å². The molecule has 1 unspecified atom stereocenters. The first kappa shape index (κ1) is 22.8. The number of hydrogen-bond donors (Lipinski definition) is 1. The fourth-order valence-electron chi connectivity index (χ4n) is 9.13. The number of ether oxygens (including phenoxy) is 3. The Bertz CT molecular complexity index is 1240. The van der Waals surface area contributed by atoms with Crippen molar-refractivity contribution in [2.45, 2.75) is 67.8 Å². The Labute approximate surface area is 214 Å². The van der Waals surface area contributed by atoms with E-state index in [0.717, 1.165) is 43.7 Å². The van der Waals surface area contributed by atoms with E-state index in [4.69, 9.17) is 14.2 Å². The standard InChI is InChI=1S/C31H37NO4/c1-28(33,13-12-20-8-6-5-7-9-20)23-19-29-14-15-31(23,35-4)27-30(29)16-17-32(2)24(29)18-21-10-11-22(34-3)26(36-27)25(21)30/h5-11,14-15,23-24,27,33H,12-13,16-19H2,1-4H3/t23-,24+,27-,28-,29?,30+,31+/m1/s1. The van der Waals surface area contributed by atoms with Gasteiger partial charge in [-0.3, -0.25) is 0 Å². The number of nitrogens with zero attached hydrogens (tertiary/aromatic N) is 1. The summed E-state index contributed by atoms with van der Waals surface area (Å²) in [5.74, 6) is 1.63. The molecule has 4 bridgehead atoms. The van der Waals surface area contributed by atoms with Gasteiger partial charge in [0, 0.05) is 30.0 Å². The maximum atomic E-state index is 12.2. The van der Waals surface area contributed by atoms with Crippen LogP contribution in [0.1, 0.15) is 42.9 Å². The van der Waals surface area contributed by atoms with E-state index in [-0.39, 0.29) is 22.9 Å². The molecule has 6 aliphatic rings. The molecule has 1 saturated carbocycles. The predicted octanol–water partition coefficient (Wildman–Crippen LogP) is 4.30. The fourth-order valence-corrected chi connectivity index (χ4v) is 9.13. The average Bonchev–Trinajstić information content (AvgIpc) is 3.27. The van der Waals surface area contributed by atoms with Gasteiger partial charge in [-0.25, -0.2) is 0 Å². The molecule has 1 N–H and O–H groups in total. The number of aliphatic hydroxyl groups is 1. The van der Waals surface area contributed by atoms with Crippen LogP contribution in [0.2, 0.25) is 0 Å². The molecular weight excluding hydrogens is 450 g/mol. The number of rotatable bonds is 6. The minimum absolute atomic E-state index is 0.0855. The quantitative estimate of drug-likeness (QED) is 0.616. The lowest BCUT2D eigenvalue weighted by Crippen LogP contribution is -2.80. The molecule has 1 saturated heterocycles. The van der Waals surface area contributed by atoms with Crippen molar-refractivity contribution in [3.63, 3.8) is 0 Å². The van der Waals surface area contributed by atoms with E-state index in [1.54, 1.807) is 14.2 Å².